The topological polar surface area (TPSA) is 71.2 Å². The van der Waals surface area contributed by atoms with Crippen LogP contribution in [-0.2, 0) is 5.92 Å². The molecule has 1 aliphatic carbocycles. The fraction of sp³-hybridized carbons (Fsp3) is 0.429. The molecule has 2 heterocycles. The highest BCUT2D eigenvalue weighted by molar-refractivity contribution is 5.85. The Morgan fingerprint density at radius 1 is 1.14 bits per heavy atom. The third-order valence-corrected chi connectivity index (χ3v) is 5.60. The zero-order chi connectivity index (χ0) is 20.4. The number of rotatable bonds is 3. The summed E-state index contributed by atoms with van der Waals surface area (Å²) in [5, 5.41) is 29.9. The Labute approximate surface area is 161 Å². The van der Waals surface area contributed by atoms with Crippen molar-refractivity contribution >= 4 is 11.0 Å². The second kappa shape index (κ2) is 5.98. The lowest BCUT2D eigenvalue weighted by molar-refractivity contribution is -0.0498. The van der Waals surface area contributed by atoms with Crippen molar-refractivity contribution in [2.75, 3.05) is 0 Å². The monoisotopic (exact) mass is 387 g/mol. The predicted molar refractivity (Wildman–Crippen MR) is 103 cm³/mol. The summed E-state index contributed by atoms with van der Waals surface area (Å²) >= 11 is 0. The normalized spacial score (nSPS) is 22.5. The van der Waals surface area contributed by atoms with Crippen LogP contribution in [0.5, 0.6) is 5.75 Å². The molecule has 3 aromatic rings. The summed E-state index contributed by atoms with van der Waals surface area (Å²) in [6.45, 7) is 6.26. The summed E-state index contributed by atoms with van der Waals surface area (Å²) < 4.78 is 29.3. The van der Waals surface area contributed by atoms with Crippen molar-refractivity contribution in [1.82, 2.24) is 14.8 Å². The number of nitrogens with zero attached hydrogens (tertiary/aromatic N) is 3. The van der Waals surface area contributed by atoms with Crippen molar-refractivity contribution in [2.24, 2.45) is 0 Å². The molecule has 0 atom stereocenters. The number of aromatic nitrogens is 3. The van der Waals surface area contributed by atoms with Gasteiger partial charge < -0.3 is 14.8 Å². The second-order valence-corrected chi connectivity index (χ2v) is 8.32. The van der Waals surface area contributed by atoms with Gasteiger partial charge in [-0.2, -0.15) is 0 Å². The second-order valence-electron chi connectivity index (χ2n) is 8.32. The van der Waals surface area contributed by atoms with Crippen LogP contribution in [0.25, 0.3) is 22.3 Å². The Bertz CT molecular complexity index is 1050. The van der Waals surface area contributed by atoms with Crippen LogP contribution < -0.4 is 0 Å². The SMILES string of the molecule is Cc1cc(C(C)(F)F)cc(O)c1-c1cc2c(C)cn(C3CC(C)(O)C3)c2nn1. The minimum atomic E-state index is -3.03. The van der Waals surface area contributed by atoms with E-state index in [1.165, 1.54) is 6.07 Å². The lowest BCUT2D eigenvalue weighted by atomic mass is 9.77. The first-order valence-electron chi connectivity index (χ1n) is 9.26. The Kier molecular flexibility index (Phi) is 4.01. The summed E-state index contributed by atoms with van der Waals surface area (Å²) in [5.74, 6) is -3.27. The molecule has 0 spiro atoms. The molecule has 5 nitrogen and oxygen atoms in total. The summed E-state index contributed by atoms with van der Waals surface area (Å²) in [4.78, 5) is 0. The smallest absolute Gasteiger partial charge is 0.270 e. The lowest BCUT2D eigenvalue weighted by Crippen LogP contribution is -2.41. The molecule has 2 N–H and O–H groups in total. The average molecular weight is 387 g/mol. The van der Waals surface area contributed by atoms with E-state index in [2.05, 4.69) is 10.2 Å². The van der Waals surface area contributed by atoms with E-state index in [-0.39, 0.29) is 17.4 Å². The first kappa shape index (κ1) is 18.8. The number of halogens is 2. The van der Waals surface area contributed by atoms with Crippen molar-refractivity contribution in [3.8, 4) is 17.0 Å². The summed E-state index contributed by atoms with van der Waals surface area (Å²) in [7, 11) is 0. The van der Waals surface area contributed by atoms with E-state index in [1.54, 1.807) is 6.92 Å². The molecule has 0 saturated heterocycles. The number of alkyl halides is 2. The van der Waals surface area contributed by atoms with Crippen molar-refractivity contribution < 1.29 is 19.0 Å². The van der Waals surface area contributed by atoms with Gasteiger partial charge in [0.2, 0.25) is 0 Å². The van der Waals surface area contributed by atoms with E-state index in [0.717, 1.165) is 29.6 Å². The molecule has 1 saturated carbocycles. The molecular formula is C21H23F2N3O2. The molecule has 7 heteroatoms. The van der Waals surface area contributed by atoms with Crippen LogP contribution in [0.4, 0.5) is 8.78 Å². The van der Waals surface area contributed by atoms with Gasteiger partial charge in [0.05, 0.1) is 11.3 Å². The van der Waals surface area contributed by atoms with Gasteiger partial charge in [-0.25, -0.2) is 8.78 Å². The molecule has 1 aliphatic rings. The predicted octanol–water partition coefficient (Wildman–Crippen LogP) is 4.62. The van der Waals surface area contributed by atoms with E-state index in [4.69, 9.17) is 0 Å². The van der Waals surface area contributed by atoms with Crippen LogP contribution in [0, 0.1) is 13.8 Å². The van der Waals surface area contributed by atoms with Gasteiger partial charge in [-0.15, -0.1) is 10.2 Å². The number of aliphatic hydroxyl groups is 1. The Balaban J connectivity index is 1.78. The fourth-order valence-electron chi connectivity index (χ4n) is 4.11. The molecule has 1 aromatic carbocycles. The minimum Gasteiger partial charge on any atom is -0.507 e. The quantitative estimate of drug-likeness (QED) is 0.688. The van der Waals surface area contributed by atoms with Crippen LogP contribution in [0.15, 0.2) is 24.4 Å². The maximum atomic E-state index is 13.6. The number of hydrogen-bond acceptors (Lipinski definition) is 4. The highest BCUT2D eigenvalue weighted by atomic mass is 19.3. The maximum Gasteiger partial charge on any atom is 0.270 e. The van der Waals surface area contributed by atoms with Crippen molar-refractivity contribution in [2.45, 2.75) is 58.1 Å². The summed E-state index contributed by atoms with van der Waals surface area (Å²) in [6, 6.07) is 4.46. The van der Waals surface area contributed by atoms with Gasteiger partial charge in [0.25, 0.3) is 5.92 Å². The third kappa shape index (κ3) is 3.03. The number of fused-ring (bicyclic) bond motifs is 1. The van der Waals surface area contributed by atoms with Crippen molar-refractivity contribution in [3.63, 3.8) is 0 Å². The number of aromatic hydroxyl groups is 1. The van der Waals surface area contributed by atoms with E-state index in [1.807, 2.05) is 30.7 Å². The Hall–Kier alpha value is -2.54. The number of phenols is 1. The molecule has 0 aliphatic heterocycles. The van der Waals surface area contributed by atoms with Crippen molar-refractivity contribution in [1.29, 1.82) is 0 Å². The number of aryl methyl sites for hydroxylation is 2. The number of hydrogen-bond donors (Lipinski definition) is 2. The van der Waals surface area contributed by atoms with Gasteiger partial charge >= 0.3 is 0 Å². The van der Waals surface area contributed by atoms with E-state index >= 15 is 0 Å². The molecule has 148 valence electrons. The fourth-order valence-corrected chi connectivity index (χ4v) is 4.11. The van der Waals surface area contributed by atoms with Crippen LogP contribution in [-0.4, -0.2) is 30.6 Å². The highest BCUT2D eigenvalue weighted by Gasteiger charge is 2.40. The van der Waals surface area contributed by atoms with Gasteiger partial charge in [-0.05, 0) is 62.9 Å². The Morgan fingerprint density at radius 2 is 1.82 bits per heavy atom. The minimum absolute atomic E-state index is 0.174. The Morgan fingerprint density at radius 3 is 2.39 bits per heavy atom. The average Bonchev–Trinajstić information content (AvgIpc) is 2.87. The molecule has 4 rings (SSSR count). The maximum absolute atomic E-state index is 13.6. The highest BCUT2D eigenvalue weighted by Crippen LogP contribution is 2.43. The summed E-state index contributed by atoms with van der Waals surface area (Å²) in [6.07, 6.45) is 3.31. The molecule has 0 radical (unpaired) electrons. The van der Waals surface area contributed by atoms with Crippen LogP contribution in [0.2, 0.25) is 0 Å². The molecule has 0 amide bonds. The van der Waals surface area contributed by atoms with Gasteiger partial charge in [-0.1, -0.05) is 0 Å². The number of phenolic OH excluding ortho intramolecular Hbond substituents is 1. The van der Waals surface area contributed by atoms with Gasteiger partial charge in [-0.3, -0.25) is 0 Å². The molecular weight excluding hydrogens is 364 g/mol. The van der Waals surface area contributed by atoms with Gasteiger partial charge in [0.1, 0.15) is 5.75 Å². The largest absolute Gasteiger partial charge is 0.507 e. The molecule has 0 bridgehead atoms. The zero-order valence-corrected chi connectivity index (χ0v) is 16.3. The van der Waals surface area contributed by atoms with E-state index < -0.39 is 11.5 Å². The van der Waals surface area contributed by atoms with Crippen LogP contribution in [0.3, 0.4) is 0 Å². The van der Waals surface area contributed by atoms with Crippen LogP contribution >= 0.6 is 0 Å². The molecule has 1 fully saturated rings. The van der Waals surface area contributed by atoms with Gasteiger partial charge in [0.15, 0.2) is 5.65 Å². The van der Waals surface area contributed by atoms with E-state index in [0.29, 0.717) is 29.7 Å². The third-order valence-electron chi connectivity index (χ3n) is 5.60. The van der Waals surface area contributed by atoms with Gasteiger partial charge in [0, 0.05) is 35.7 Å². The molecule has 0 unspecified atom stereocenters. The zero-order valence-electron chi connectivity index (χ0n) is 16.3. The first-order valence-corrected chi connectivity index (χ1v) is 9.26. The standard InChI is InChI=1S/C21H23F2N3O2/c1-11-5-13(21(4,22)23)6-17(27)18(11)16-7-15-12(2)10-26(19(15)25-24-16)14-8-20(3,28)9-14/h5-7,10,14,27-28H,8-9H2,1-4H3. The molecule has 2 aromatic heterocycles. The van der Waals surface area contributed by atoms with Crippen molar-refractivity contribution in [3.05, 3.63) is 41.1 Å². The lowest BCUT2D eigenvalue weighted by Gasteiger charge is -2.41. The molecule has 28 heavy (non-hydrogen) atoms. The number of benzene rings is 1. The van der Waals surface area contributed by atoms with Crippen LogP contribution in [0.1, 0.15) is 49.4 Å². The van der Waals surface area contributed by atoms with E-state index in [9.17, 15) is 19.0 Å². The first-order chi connectivity index (χ1) is 13.0. The summed E-state index contributed by atoms with van der Waals surface area (Å²) in [5.41, 5.74) is 2.20.